The summed E-state index contributed by atoms with van der Waals surface area (Å²) in [5.41, 5.74) is 2.66. The lowest BCUT2D eigenvalue weighted by Gasteiger charge is -2.30. The summed E-state index contributed by atoms with van der Waals surface area (Å²) in [4.78, 5) is 41.2. The van der Waals surface area contributed by atoms with Gasteiger partial charge in [0, 0.05) is 29.5 Å². The monoisotopic (exact) mass is 458 g/mol. The average molecular weight is 459 g/mol. The molecule has 9 nitrogen and oxygen atoms in total. The molecule has 9 heteroatoms. The summed E-state index contributed by atoms with van der Waals surface area (Å²) < 4.78 is 0. The van der Waals surface area contributed by atoms with Crippen molar-refractivity contribution in [1.82, 2.24) is 25.8 Å². The van der Waals surface area contributed by atoms with Crippen molar-refractivity contribution in [2.75, 3.05) is 5.32 Å². The minimum absolute atomic E-state index is 0.0102. The second-order valence-electron chi connectivity index (χ2n) is 8.16. The second-order valence-corrected chi connectivity index (χ2v) is 8.16. The summed E-state index contributed by atoms with van der Waals surface area (Å²) in [5.74, 6) is -0.737. The maximum Gasteiger partial charge on any atom is 0.274 e. The molecule has 2 heterocycles. The third kappa shape index (κ3) is 5.74. The zero-order chi connectivity index (χ0) is 23.9. The molecule has 2 aromatic heterocycles. The summed E-state index contributed by atoms with van der Waals surface area (Å²) in [5, 5.41) is 15.5. The van der Waals surface area contributed by atoms with Crippen molar-refractivity contribution in [2.24, 2.45) is 0 Å². The first kappa shape index (κ1) is 22.9. The van der Waals surface area contributed by atoms with Crippen LogP contribution in [0.2, 0.25) is 0 Å². The fourth-order valence-corrected chi connectivity index (χ4v) is 3.99. The molecule has 3 aromatic rings. The van der Waals surface area contributed by atoms with E-state index in [1.807, 2.05) is 0 Å². The quantitative estimate of drug-likeness (QED) is 0.405. The van der Waals surface area contributed by atoms with Crippen molar-refractivity contribution in [3.05, 3.63) is 78.6 Å². The molecule has 174 valence electrons. The van der Waals surface area contributed by atoms with Gasteiger partial charge in [-0.2, -0.15) is 5.10 Å². The van der Waals surface area contributed by atoms with Crippen LogP contribution < -0.4 is 16.0 Å². The first-order chi connectivity index (χ1) is 16.5. The highest BCUT2D eigenvalue weighted by Crippen LogP contribution is 2.20. The minimum Gasteiger partial charge on any atom is -0.350 e. The maximum absolute atomic E-state index is 12.7. The van der Waals surface area contributed by atoms with Crippen molar-refractivity contribution in [1.29, 1.82) is 0 Å². The Kier molecular flexibility index (Phi) is 7.12. The van der Waals surface area contributed by atoms with Crippen LogP contribution >= 0.6 is 0 Å². The molecule has 3 amide bonds. The van der Waals surface area contributed by atoms with Crippen molar-refractivity contribution >= 4 is 23.4 Å². The van der Waals surface area contributed by atoms with E-state index in [-0.39, 0.29) is 35.5 Å². The Morgan fingerprint density at radius 2 is 1.74 bits per heavy atom. The number of carbonyl (C=O) groups excluding carboxylic acids is 3. The molecule has 1 saturated carbocycles. The average Bonchev–Trinajstić information content (AvgIpc) is 3.40. The molecular formula is C25H26N6O3. The van der Waals surface area contributed by atoms with Crippen LogP contribution in [0.5, 0.6) is 0 Å². The standard InChI is InChI=1S/C25H26N6O3/c1-2-23(32)27-18-5-3-6-19(15-18)29-24(33)16-9-11-17(12-10-16)28-25(34)22-8-4-7-20(30-22)21-13-14-26-31-21/h2,4,7-14,18-19H,1,3,5-6,15H2,(H,26,31)(H,27,32)(H,28,34)(H,29,33)/t18-,19+/m0/s1. The predicted molar refractivity (Wildman–Crippen MR) is 128 cm³/mol. The molecular weight excluding hydrogens is 432 g/mol. The normalized spacial score (nSPS) is 17.4. The van der Waals surface area contributed by atoms with Gasteiger partial charge < -0.3 is 16.0 Å². The van der Waals surface area contributed by atoms with E-state index in [1.54, 1.807) is 54.7 Å². The Balaban J connectivity index is 1.33. The number of rotatable bonds is 7. The second kappa shape index (κ2) is 10.6. The molecule has 2 atom stereocenters. The third-order valence-corrected chi connectivity index (χ3v) is 5.70. The third-order valence-electron chi connectivity index (χ3n) is 5.70. The van der Waals surface area contributed by atoms with E-state index in [4.69, 9.17) is 0 Å². The molecule has 1 fully saturated rings. The van der Waals surface area contributed by atoms with Gasteiger partial charge in [-0.15, -0.1) is 0 Å². The van der Waals surface area contributed by atoms with E-state index in [1.165, 1.54) is 6.08 Å². The van der Waals surface area contributed by atoms with Crippen LogP contribution in [0.1, 0.15) is 46.5 Å². The first-order valence-electron chi connectivity index (χ1n) is 11.1. The van der Waals surface area contributed by atoms with Crippen LogP contribution in [0.4, 0.5) is 5.69 Å². The highest BCUT2D eigenvalue weighted by Gasteiger charge is 2.24. The molecule has 0 aliphatic heterocycles. The van der Waals surface area contributed by atoms with E-state index in [0.717, 1.165) is 25.0 Å². The van der Waals surface area contributed by atoms with Crippen LogP contribution in [0.3, 0.4) is 0 Å². The van der Waals surface area contributed by atoms with Gasteiger partial charge in [-0.3, -0.25) is 19.5 Å². The Bertz CT molecular complexity index is 1170. The molecule has 0 spiro atoms. The van der Waals surface area contributed by atoms with Gasteiger partial charge in [-0.05, 0) is 74.2 Å². The van der Waals surface area contributed by atoms with Crippen molar-refractivity contribution < 1.29 is 14.4 Å². The largest absolute Gasteiger partial charge is 0.350 e. The van der Waals surface area contributed by atoms with Crippen LogP contribution in [0.15, 0.2) is 67.4 Å². The summed E-state index contributed by atoms with van der Waals surface area (Å²) in [6, 6.07) is 13.7. The van der Waals surface area contributed by atoms with Crippen molar-refractivity contribution in [3.63, 3.8) is 0 Å². The van der Waals surface area contributed by atoms with E-state index in [9.17, 15) is 14.4 Å². The number of benzene rings is 1. The lowest BCUT2D eigenvalue weighted by molar-refractivity contribution is -0.117. The predicted octanol–water partition coefficient (Wildman–Crippen LogP) is 3.07. The highest BCUT2D eigenvalue weighted by molar-refractivity contribution is 6.03. The van der Waals surface area contributed by atoms with Gasteiger partial charge in [0.15, 0.2) is 0 Å². The van der Waals surface area contributed by atoms with Crippen molar-refractivity contribution in [2.45, 2.75) is 37.8 Å². The van der Waals surface area contributed by atoms with Crippen LogP contribution in [-0.2, 0) is 4.79 Å². The lowest BCUT2D eigenvalue weighted by atomic mass is 9.90. The zero-order valence-electron chi connectivity index (χ0n) is 18.6. The molecule has 1 aliphatic rings. The Hall–Kier alpha value is -4.27. The number of anilines is 1. The molecule has 4 rings (SSSR count). The number of hydrogen-bond donors (Lipinski definition) is 4. The van der Waals surface area contributed by atoms with Crippen LogP contribution in [-0.4, -0.2) is 45.0 Å². The summed E-state index contributed by atoms with van der Waals surface area (Å²) in [6.45, 7) is 3.47. The molecule has 0 bridgehead atoms. The number of pyridine rings is 1. The Morgan fingerprint density at radius 1 is 0.971 bits per heavy atom. The SMILES string of the molecule is C=CC(=O)N[C@H]1CCC[C@@H](NC(=O)c2ccc(NC(=O)c3cccc(-c4ccn[nH]4)n3)cc2)C1. The van der Waals surface area contributed by atoms with Gasteiger partial charge >= 0.3 is 0 Å². The maximum atomic E-state index is 12.7. The van der Waals surface area contributed by atoms with Gasteiger partial charge in [-0.25, -0.2) is 4.98 Å². The Labute approximate surface area is 197 Å². The number of H-pyrrole nitrogens is 1. The topological polar surface area (TPSA) is 129 Å². The molecule has 0 radical (unpaired) electrons. The van der Waals surface area contributed by atoms with Gasteiger partial charge in [-0.1, -0.05) is 12.6 Å². The molecule has 34 heavy (non-hydrogen) atoms. The first-order valence-corrected chi connectivity index (χ1v) is 11.1. The van der Waals surface area contributed by atoms with Gasteiger partial charge in [0.05, 0.1) is 11.4 Å². The number of amides is 3. The lowest BCUT2D eigenvalue weighted by Crippen LogP contribution is -2.45. The van der Waals surface area contributed by atoms with Crippen LogP contribution in [0.25, 0.3) is 11.4 Å². The number of carbonyl (C=O) groups is 3. The summed E-state index contributed by atoms with van der Waals surface area (Å²) >= 11 is 0. The summed E-state index contributed by atoms with van der Waals surface area (Å²) in [7, 11) is 0. The number of aromatic amines is 1. The fraction of sp³-hybridized carbons (Fsp3) is 0.240. The summed E-state index contributed by atoms with van der Waals surface area (Å²) in [6.07, 6.45) is 6.24. The highest BCUT2D eigenvalue weighted by atomic mass is 16.2. The van der Waals surface area contributed by atoms with E-state index < -0.39 is 0 Å². The number of hydrogen-bond acceptors (Lipinski definition) is 5. The fourth-order valence-electron chi connectivity index (χ4n) is 3.99. The van der Waals surface area contributed by atoms with E-state index in [2.05, 4.69) is 37.7 Å². The molecule has 4 N–H and O–H groups in total. The zero-order valence-corrected chi connectivity index (χ0v) is 18.6. The molecule has 0 unspecified atom stereocenters. The van der Waals surface area contributed by atoms with Gasteiger partial charge in [0.2, 0.25) is 5.91 Å². The van der Waals surface area contributed by atoms with Crippen molar-refractivity contribution in [3.8, 4) is 11.4 Å². The number of nitrogens with zero attached hydrogens (tertiary/aromatic N) is 2. The number of nitrogens with one attached hydrogen (secondary N) is 4. The smallest absolute Gasteiger partial charge is 0.274 e. The van der Waals surface area contributed by atoms with E-state index in [0.29, 0.717) is 23.4 Å². The molecule has 1 aromatic carbocycles. The van der Waals surface area contributed by atoms with Gasteiger partial charge in [0.1, 0.15) is 5.69 Å². The minimum atomic E-state index is -0.353. The van der Waals surface area contributed by atoms with Gasteiger partial charge in [0.25, 0.3) is 11.8 Å². The Morgan fingerprint density at radius 3 is 2.44 bits per heavy atom. The molecule has 0 saturated heterocycles. The number of aromatic nitrogens is 3. The van der Waals surface area contributed by atoms with Crippen LogP contribution in [0, 0.1) is 0 Å². The van der Waals surface area contributed by atoms with E-state index >= 15 is 0 Å². The molecule has 1 aliphatic carbocycles.